The number of nitrogens with two attached hydrogens (primary N) is 1. The number of ether oxygens (including phenoxy) is 1. The van der Waals surface area contributed by atoms with Gasteiger partial charge in [-0.25, -0.2) is 18.9 Å². The molecule has 11 heteroatoms. The van der Waals surface area contributed by atoms with Crippen LogP contribution in [0.25, 0.3) is 22.2 Å². The van der Waals surface area contributed by atoms with Gasteiger partial charge in [0.05, 0.1) is 17.3 Å². The number of nitrogens with one attached hydrogen (secondary N) is 3. The first kappa shape index (κ1) is 31.9. The van der Waals surface area contributed by atoms with Gasteiger partial charge in [-0.3, -0.25) is 4.90 Å². The molecule has 2 aromatic carbocycles. The summed E-state index contributed by atoms with van der Waals surface area (Å²) in [5.41, 5.74) is 13.1. The smallest absolute Gasteiger partial charge is 0.315 e. The maximum Gasteiger partial charge on any atom is 0.315 e. The molecule has 1 atom stereocenters. The highest BCUT2D eigenvalue weighted by Gasteiger charge is 2.22. The summed E-state index contributed by atoms with van der Waals surface area (Å²) in [4.78, 5) is 20.4. The van der Waals surface area contributed by atoms with Crippen molar-refractivity contribution in [3.05, 3.63) is 76.9 Å². The van der Waals surface area contributed by atoms with Gasteiger partial charge in [-0.05, 0) is 67.5 Å². The van der Waals surface area contributed by atoms with Crippen LogP contribution in [0, 0.1) is 5.82 Å². The number of benzene rings is 2. The van der Waals surface area contributed by atoms with E-state index in [1.165, 1.54) is 6.07 Å². The quantitative estimate of drug-likeness (QED) is 0.186. The Morgan fingerprint density at radius 3 is 2.65 bits per heavy atom. The van der Waals surface area contributed by atoms with E-state index in [1.807, 2.05) is 35.1 Å². The Hall–Kier alpha value is -4.06. The molecule has 2 saturated heterocycles. The highest BCUT2D eigenvalue weighted by Crippen LogP contribution is 2.31. The van der Waals surface area contributed by atoms with E-state index in [-0.39, 0.29) is 30.5 Å². The largest absolute Gasteiger partial charge is 0.381 e. The number of halogens is 1. The molecule has 5 N–H and O–H groups in total. The van der Waals surface area contributed by atoms with Crippen LogP contribution in [0.2, 0.25) is 0 Å². The van der Waals surface area contributed by atoms with Gasteiger partial charge in [-0.15, -0.1) is 0 Å². The standard InChI is InChI=1S/C35H45FN8O2/c1-3-32-29(33(41-27-11-14-46-15-12-27)30-20-40-44(4-2)34(30)42-32)19-39-35(45)38-18-23-8-9-31(36)28(17-23)25-7-5-6-24(16-25)21-43-13-10-26(37)22-43/h5-9,16-17,20,26-27H,3-4,10-15,18-19,21-22,37H2,1-2H3,(H,41,42)(H2,38,39,45)/t26-/m0/s1. The second kappa shape index (κ2) is 14.6. The first-order chi connectivity index (χ1) is 22.4. The molecule has 244 valence electrons. The van der Waals surface area contributed by atoms with Crippen molar-refractivity contribution in [1.29, 1.82) is 0 Å². The van der Waals surface area contributed by atoms with Crippen molar-refractivity contribution in [3.63, 3.8) is 0 Å². The number of nitrogens with zero attached hydrogens (tertiary/aromatic N) is 4. The Morgan fingerprint density at radius 2 is 1.89 bits per heavy atom. The van der Waals surface area contributed by atoms with Gasteiger partial charge < -0.3 is 26.4 Å². The van der Waals surface area contributed by atoms with Crippen molar-refractivity contribution in [2.24, 2.45) is 5.73 Å². The number of aryl methyl sites for hydroxylation is 2. The molecule has 2 fully saturated rings. The zero-order valence-electron chi connectivity index (χ0n) is 26.8. The van der Waals surface area contributed by atoms with Crippen molar-refractivity contribution >= 4 is 22.8 Å². The molecule has 2 amide bonds. The number of rotatable bonds is 11. The van der Waals surface area contributed by atoms with Crippen LogP contribution in [-0.4, -0.2) is 64.1 Å². The van der Waals surface area contributed by atoms with E-state index in [2.05, 4.69) is 45.9 Å². The number of hydrogen-bond donors (Lipinski definition) is 4. The van der Waals surface area contributed by atoms with Crippen LogP contribution in [0.3, 0.4) is 0 Å². The zero-order valence-corrected chi connectivity index (χ0v) is 26.8. The summed E-state index contributed by atoms with van der Waals surface area (Å²) in [7, 11) is 0. The second-order valence-corrected chi connectivity index (χ2v) is 12.3. The number of likely N-dealkylation sites (tertiary alicyclic amines) is 1. The molecule has 0 aliphatic carbocycles. The predicted molar refractivity (Wildman–Crippen MR) is 179 cm³/mol. The van der Waals surface area contributed by atoms with Gasteiger partial charge in [-0.2, -0.15) is 5.10 Å². The summed E-state index contributed by atoms with van der Waals surface area (Å²) in [6.45, 7) is 9.52. The minimum Gasteiger partial charge on any atom is -0.381 e. The van der Waals surface area contributed by atoms with Crippen LogP contribution < -0.4 is 21.7 Å². The molecule has 0 unspecified atom stereocenters. The Morgan fingerprint density at radius 1 is 1.07 bits per heavy atom. The number of aromatic nitrogens is 3. The van der Waals surface area contributed by atoms with E-state index in [0.717, 1.165) is 110 Å². The second-order valence-electron chi connectivity index (χ2n) is 12.3. The number of carbonyl (C=O) groups excluding carboxylic acids is 1. The van der Waals surface area contributed by atoms with Gasteiger partial charge in [0.2, 0.25) is 0 Å². The summed E-state index contributed by atoms with van der Waals surface area (Å²) in [5, 5.41) is 15.3. The molecule has 4 heterocycles. The lowest BCUT2D eigenvalue weighted by molar-refractivity contribution is 0.0904. The van der Waals surface area contributed by atoms with Crippen molar-refractivity contribution in [1.82, 2.24) is 30.3 Å². The minimum atomic E-state index is -0.305. The van der Waals surface area contributed by atoms with Crippen molar-refractivity contribution in [2.75, 3.05) is 31.6 Å². The molecular weight excluding hydrogens is 583 g/mol. The maximum atomic E-state index is 15.0. The van der Waals surface area contributed by atoms with Gasteiger partial charge in [0.1, 0.15) is 5.82 Å². The van der Waals surface area contributed by atoms with Gasteiger partial charge in [0.25, 0.3) is 0 Å². The number of urea groups is 1. The Bertz CT molecular complexity index is 1670. The predicted octanol–water partition coefficient (Wildman–Crippen LogP) is 4.94. The van der Waals surface area contributed by atoms with E-state index in [0.29, 0.717) is 12.1 Å². The summed E-state index contributed by atoms with van der Waals surface area (Å²) in [6.07, 6.45) is 5.41. The van der Waals surface area contributed by atoms with Gasteiger partial charge >= 0.3 is 6.03 Å². The summed E-state index contributed by atoms with van der Waals surface area (Å²) in [6, 6.07) is 13.2. The normalized spacial score (nSPS) is 17.4. The molecule has 4 aromatic rings. The number of amides is 2. The molecule has 46 heavy (non-hydrogen) atoms. The first-order valence-corrected chi connectivity index (χ1v) is 16.5. The SMILES string of the molecule is CCc1nc2c(cnn2CC)c(NC2CCOCC2)c1CNC(=O)NCc1ccc(F)c(-c2cccc(CN3CC[C@H](N)C3)c2)c1. The molecule has 6 rings (SSSR count). The average Bonchev–Trinajstić information content (AvgIpc) is 3.69. The van der Waals surface area contributed by atoms with Crippen molar-refractivity contribution in [2.45, 2.75) is 77.8 Å². The number of anilines is 1. The molecule has 0 spiro atoms. The Kier molecular flexibility index (Phi) is 10.1. The van der Waals surface area contributed by atoms with Crippen LogP contribution in [0.5, 0.6) is 0 Å². The number of carbonyl (C=O) groups is 1. The first-order valence-electron chi connectivity index (χ1n) is 16.5. The third kappa shape index (κ3) is 7.32. The van der Waals surface area contributed by atoms with Gasteiger partial charge in [0, 0.05) is 81.4 Å². The topological polar surface area (TPSA) is 122 Å². The zero-order chi connectivity index (χ0) is 32.0. The summed E-state index contributed by atoms with van der Waals surface area (Å²) >= 11 is 0. The molecule has 2 aliphatic heterocycles. The average molecular weight is 629 g/mol. The molecule has 0 radical (unpaired) electrons. The molecule has 2 aromatic heterocycles. The Balaban J connectivity index is 1.14. The van der Waals surface area contributed by atoms with E-state index in [1.54, 1.807) is 6.07 Å². The lowest BCUT2D eigenvalue weighted by Gasteiger charge is -2.26. The molecule has 2 aliphatic rings. The lowest BCUT2D eigenvalue weighted by Crippen LogP contribution is -2.35. The van der Waals surface area contributed by atoms with E-state index in [4.69, 9.17) is 15.5 Å². The molecule has 0 bridgehead atoms. The van der Waals surface area contributed by atoms with Gasteiger partial charge in [-0.1, -0.05) is 31.2 Å². The maximum absolute atomic E-state index is 15.0. The van der Waals surface area contributed by atoms with Crippen LogP contribution in [0.15, 0.2) is 48.7 Å². The monoisotopic (exact) mass is 628 g/mol. The molecular formula is C35H45FN8O2. The highest BCUT2D eigenvalue weighted by atomic mass is 19.1. The van der Waals surface area contributed by atoms with Crippen molar-refractivity contribution in [3.8, 4) is 11.1 Å². The van der Waals surface area contributed by atoms with Crippen molar-refractivity contribution < 1.29 is 13.9 Å². The number of hydrogen-bond acceptors (Lipinski definition) is 7. The van der Waals surface area contributed by atoms with E-state index >= 15 is 4.39 Å². The van der Waals surface area contributed by atoms with Crippen LogP contribution in [0.4, 0.5) is 14.9 Å². The fourth-order valence-electron chi connectivity index (χ4n) is 6.52. The van der Waals surface area contributed by atoms with Crippen LogP contribution in [-0.2, 0) is 37.3 Å². The lowest BCUT2D eigenvalue weighted by atomic mass is 10.00. The fourth-order valence-corrected chi connectivity index (χ4v) is 6.52. The Labute approximate surface area is 269 Å². The molecule has 10 nitrogen and oxygen atoms in total. The van der Waals surface area contributed by atoms with E-state index in [9.17, 15) is 4.79 Å². The summed E-state index contributed by atoms with van der Waals surface area (Å²) in [5.74, 6) is -0.292. The van der Waals surface area contributed by atoms with E-state index < -0.39 is 0 Å². The summed E-state index contributed by atoms with van der Waals surface area (Å²) < 4.78 is 22.5. The number of pyridine rings is 1. The van der Waals surface area contributed by atoms with Crippen LogP contribution >= 0.6 is 0 Å². The minimum absolute atomic E-state index is 0.220. The third-order valence-electron chi connectivity index (χ3n) is 9.04. The third-order valence-corrected chi connectivity index (χ3v) is 9.04. The van der Waals surface area contributed by atoms with Gasteiger partial charge in [0.15, 0.2) is 5.65 Å². The fraction of sp³-hybridized carbons (Fsp3) is 0.457. The highest BCUT2D eigenvalue weighted by molar-refractivity contribution is 5.92. The van der Waals surface area contributed by atoms with Crippen LogP contribution in [0.1, 0.15) is 55.5 Å². The molecule has 0 saturated carbocycles. The number of fused-ring (bicyclic) bond motifs is 1.